The van der Waals surface area contributed by atoms with Gasteiger partial charge in [-0.2, -0.15) is 0 Å². The van der Waals surface area contributed by atoms with Crippen LogP contribution in [0, 0.1) is 11.6 Å². The largest absolute Gasteiger partial charge is 0.376 e. The number of nitrogens with one attached hydrogen (secondary N) is 1. The van der Waals surface area contributed by atoms with Crippen LogP contribution in [0.15, 0.2) is 42.5 Å². The molecule has 2 aliphatic rings. The zero-order chi connectivity index (χ0) is 17.2. The molecule has 2 aliphatic heterocycles. The summed E-state index contributed by atoms with van der Waals surface area (Å²) in [5.74, 6) is -0.658. The average Bonchev–Trinajstić information content (AvgIpc) is 2.99. The number of fused-ring (bicyclic) bond motifs is 1. The van der Waals surface area contributed by atoms with Gasteiger partial charge in [0.1, 0.15) is 11.6 Å². The van der Waals surface area contributed by atoms with Crippen molar-refractivity contribution >= 4 is 29.2 Å². The van der Waals surface area contributed by atoms with E-state index >= 15 is 0 Å². The monoisotopic (exact) mass is 363 g/mol. The molecular weight excluding hydrogens is 344 g/mol. The predicted octanol–water partition coefficient (Wildman–Crippen LogP) is 3.86. The molecule has 0 unspecified atom stereocenters. The van der Waals surface area contributed by atoms with Crippen LogP contribution >= 0.6 is 12.1 Å². The first-order chi connectivity index (χ1) is 12.2. The molecule has 1 fully saturated rings. The van der Waals surface area contributed by atoms with E-state index in [4.69, 9.17) is 4.74 Å². The molecule has 0 radical (unpaired) electrons. The number of rotatable bonds is 4. The van der Waals surface area contributed by atoms with Gasteiger partial charge in [0.25, 0.3) is 0 Å². The van der Waals surface area contributed by atoms with Crippen molar-refractivity contribution in [2.24, 2.45) is 0 Å². The summed E-state index contributed by atoms with van der Waals surface area (Å²) in [5.41, 5.74) is 1.98. The normalized spacial score (nSPS) is 20.0. The molecule has 0 bridgehead atoms. The molecule has 132 valence electrons. The van der Waals surface area contributed by atoms with Crippen LogP contribution in [0.25, 0.3) is 0 Å². The maximum Gasteiger partial charge on any atom is 0.147 e. The second kappa shape index (κ2) is 7.19. The van der Waals surface area contributed by atoms with Gasteiger partial charge in [0.2, 0.25) is 0 Å². The Morgan fingerprint density at radius 3 is 2.80 bits per heavy atom. The van der Waals surface area contributed by atoms with Crippen LogP contribution in [0.4, 0.5) is 25.8 Å². The molecule has 0 amide bonds. The Morgan fingerprint density at radius 1 is 1.12 bits per heavy atom. The highest BCUT2D eigenvalue weighted by molar-refractivity contribution is 8.02. The quantitative estimate of drug-likeness (QED) is 0.833. The molecule has 0 saturated carbocycles. The first kappa shape index (κ1) is 16.6. The number of morpholine rings is 1. The van der Waals surface area contributed by atoms with Crippen LogP contribution in [-0.2, 0) is 4.74 Å². The molecule has 2 aromatic carbocycles. The van der Waals surface area contributed by atoms with Gasteiger partial charge >= 0.3 is 0 Å². The molecule has 1 atom stereocenters. The molecule has 0 aromatic heterocycles. The Labute approximate surface area is 150 Å². The van der Waals surface area contributed by atoms with Gasteiger partial charge in [-0.05, 0) is 30.7 Å². The molecule has 0 aliphatic carbocycles. The third-order valence-corrected chi connectivity index (χ3v) is 5.47. The fourth-order valence-electron chi connectivity index (χ4n) is 3.07. The van der Waals surface area contributed by atoms with E-state index in [2.05, 4.69) is 9.62 Å². The molecule has 2 heterocycles. The second-order valence-corrected chi connectivity index (χ2v) is 7.02. The van der Waals surface area contributed by atoms with Gasteiger partial charge in [-0.15, -0.1) is 0 Å². The van der Waals surface area contributed by atoms with Crippen LogP contribution in [-0.4, -0.2) is 32.3 Å². The van der Waals surface area contributed by atoms with E-state index in [0.29, 0.717) is 11.4 Å². The van der Waals surface area contributed by atoms with Gasteiger partial charge in [0.05, 0.1) is 41.9 Å². The molecule has 0 spiro atoms. The van der Waals surface area contributed by atoms with Crippen LogP contribution < -0.4 is 13.9 Å². The van der Waals surface area contributed by atoms with E-state index in [9.17, 15) is 8.78 Å². The highest BCUT2D eigenvalue weighted by atomic mass is 32.2. The maximum absolute atomic E-state index is 14.2. The smallest absolute Gasteiger partial charge is 0.147 e. The predicted molar refractivity (Wildman–Crippen MR) is 97.1 cm³/mol. The SMILES string of the molecule is Fc1ccc2c(c1)N(c1ccccc1F)SN2CC[C@@H]1CNCCO1. The van der Waals surface area contributed by atoms with Crippen molar-refractivity contribution in [1.29, 1.82) is 0 Å². The van der Waals surface area contributed by atoms with E-state index in [1.165, 1.54) is 30.3 Å². The van der Waals surface area contributed by atoms with Gasteiger partial charge in [0, 0.05) is 25.7 Å². The number of benzene rings is 2. The molecule has 4 rings (SSSR count). The number of hydrogen-bond acceptors (Lipinski definition) is 5. The van der Waals surface area contributed by atoms with E-state index in [-0.39, 0.29) is 17.7 Å². The van der Waals surface area contributed by atoms with Crippen molar-refractivity contribution in [2.45, 2.75) is 12.5 Å². The third-order valence-electron chi connectivity index (χ3n) is 4.33. The summed E-state index contributed by atoms with van der Waals surface area (Å²) in [6.07, 6.45) is 1.02. The van der Waals surface area contributed by atoms with Crippen molar-refractivity contribution in [1.82, 2.24) is 5.32 Å². The van der Waals surface area contributed by atoms with Gasteiger partial charge in [0.15, 0.2) is 0 Å². The molecular formula is C18H19F2N3OS. The Hall–Kier alpha value is -1.83. The summed E-state index contributed by atoms with van der Waals surface area (Å²) < 4.78 is 37.6. The van der Waals surface area contributed by atoms with E-state index in [1.54, 1.807) is 28.6 Å². The minimum Gasteiger partial charge on any atom is -0.376 e. The van der Waals surface area contributed by atoms with Gasteiger partial charge in [-0.3, -0.25) is 8.61 Å². The highest BCUT2D eigenvalue weighted by Crippen LogP contribution is 2.49. The molecule has 4 nitrogen and oxygen atoms in total. The first-order valence-electron chi connectivity index (χ1n) is 8.34. The summed E-state index contributed by atoms with van der Waals surface area (Å²) in [6.45, 7) is 3.19. The van der Waals surface area contributed by atoms with Crippen molar-refractivity contribution < 1.29 is 13.5 Å². The maximum atomic E-state index is 14.2. The number of nitrogens with zero attached hydrogens (tertiary/aromatic N) is 2. The van der Waals surface area contributed by atoms with Crippen LogP contribution in [0.1, 0.15) is 6.42 Å². The number of halogens is 2. The minimum atomic E-state index is -0.331. The zero-order valence-electron chi connectivity index (χ0n) is 13.6. The molecule has 25 heavy (non-hydrogen) atoms. The zero-order valence-corrected chi connectivity index (χ0v) is 14.4. The Morgan fingerprint density at radius 2 is 2.00 bits per heavy atom. The van der Waals surface area contributed by atoms with Crippen LogP contribution in [0.5, 0.6) is 0 Å². The Balaban J connectivity index is 1.57. The lowest BCUT2D eigenvalue weighted by Crippen LogP contribution is -2.39. The lowest BCUT2D eigenvalue weighted by molar-refractivity contribution is 0.0254. The standard InChI is InChI=1S/C18H19F2N3OS/c19-13-5-6-17-18(11-13)23(16-4-2-1-3-15(16)20)25-22(17)9-7-14-12-21-8-10-24-14/h1-6,11,14,21H,7-10,12H2/t14-/m1/s1. The van der Waals surface area contributed by atoms with Gasteiger partial charge in [-0.1, -0.05) is 12.1 Å². The summed E-state index contributed by atoms with van der Waals surface area (Å²) in [6, 6.07) is 11.2. The Bertz CT molecular complexity index is 755. The number of para-hydroxylation sites is 1. The summed E-state index contributed by atoms with van der Waals surface area (Å²) >= 11 is 1.39. The van der Waals surface area contributed by atoms with Gasteiger partial charge in [-0.25, -0.2) is 8.78 Å². The van der Waals surface area contributed by atoms with Crippen molar-refractivity contribution in [3.8, 4) is 0 Å². The fourth-order valence-corrected chi connectivity index (χ4v) is 4.17. The van der Waals surface area contributed by atoms with Crippen LogP contribution in [0.3, 0.4) is 0 Å². The fraction of sp³-hybridized carbons (Fsp3) is 0.333. The van der Waals surface area contributed by atoms with Crippen molar-refractivity contribution in [2.75, 3.05) is 34.9 Å². The molecule has 2 aromatic rings. The summed E-state index contributed by atoms with van der Waals surface area (Å²) in [7, 11) is 0. The second-order valence-electron chi connectivity index (χ2n) is 6.05. The highest BCUT2D eigenvalue weighted by Gasteiger charge is 2.31. The molecule has 1 saturated heterocycles. The van der Waals surface area contributed by atoms with Crippen molar-refractivity contribution in [3.63, 3.8) is 0 Å². The number of hydrogen-bond donors (Lipinski definition) is 1. The third kappa shape index (κ3) is 3.44. The van der Waals surface area contributed by atoms with E-state index in [1.807, 2.05) is 0 Å². The van der Waals surface area contributed by atoms with E-state index in [0.717, 1.165) is 38.3 Å². The molecule has 7 heteroatoms. The van der Waals surface area contributed by atoms with E-state index < -0.39 is 0 Å². The van der Waals surface area contributed by atoms with Gasteiger partial charge < -0.3 is 10.1 Å². The lowest BCUT2D eigenvalue weighted by Gasteiger charge is -2.26. The average molecular weight is 363 g/mol. The summed E-state index contributed by atoms with van der Waals surface area (Å²) in [5, 5.41) is 3.32. The van der Waals surface area contributed by atoms with Crippen molar-refractivity contribution in [3.05, 3.63) is 54.1 Å². The Kier molecular flexibility index (Phi) is 4.78. The topological polar surface area (TPSA) is 27.7 Å². The lowest BCUT2D eigenvalue weighted by atomic mass is 10.2. The minimum absolute atomic E-state index is 0.167. The number of ether oxygens (including phenoxy) is 1. The first-order valence-corrected chi connectivity index (χ1v) is 9.07. The molecule has 1 N–H and O–H groups in total. The number of anilines is 3. The van der Waals surface area contributed by atoms with Crippen LogP contribution in [0.2, 0.25) is 0 Å². The summed E-state index contributed by atoms with van der Waals surface area (Å²) in [4.78, 5) is 0.